The van der Waals surface area contributed by atoms with Gasteiger partial charge in [0.1, 0.15) is 0 Å². The Morgan fingerprint density at radius 2 is 2.00 bits per heavy atom. The second-order valence-corrected chi connectivity index (χ2v) is 6.58. The van der Waals surface area contributed by atoms with Crippen molar-refractivity contribution in [1.82, 2.24) is 10.0 Å². The molecular formula is C13H21N3O3S. The third-order valence-corrected chi connectivity index (χ3v) is 4.31. The van der Waals surface area contributed by atoms with E-state index in [4.69, 9.17) is 5.73 Å². The Bertz CT molecular complexity index is 583. The van der Waals surface area contributed by atoms with Crippen molar-refractivity contribution in [2.75, 3.05) is 12.3 Å². The van der Waals surface area contributed by atoms with Crippen LogP contribution in [0, 0.1) is 6.92 Å². The van der Waals surface area contributed by atoms with Gasteiger partial charge >= 0.3 is 0 Å². The van der Waals surface area contributed by atoms with Crippen molar-refractivity contribution < 1.29 is 13.2 Å². The standard InChI is InChI=1S/C13H21N3O3S/c1-9(2)16-13(17)7-8-15-20(18,19)12-6-4-5-11(14)10(12)3/h4-6,9,15H,7-8,14H2,1-3H3,(H,16,17). The Hall–Kier alpha value is -1.60. The molecule has 20 heavy (non-hydrogen) atoms. The van der Waals surface area contributed by atoms with E-state index in [0.29, 0.717) is 11.3 Å². The fourth-order valence-electron chi connectivity index (χ4n) is 1.69. The molecule has 6 nitrogen and oxygen atoms in total. The van der Waals surface area contributed by atoms with Crippen LogP contribution in [-0.2, 0) is 14.8 Å². The van der Waals surface area contributed by atoms with Gasteiger partial charge in [0.05, 0.1) is 4.90 Å². The predicted octanol–water partition coefficient (Wildman–Crippen LogP) is 0.770. The van der Waals surface area contributed by atoms with Crippen LogP contribution < -0.4 is 15.8 Å². The van der Waals surface area contributed by atoms with Gasteiger partial charge in [0.2, 0.25) is 15.9 Å². The molecule has 1 aromatic carbocycles. The molecule has 4 N–H and O–H groups in total. The summed E-state index contributed by atoms with van der Waals surface area (Å²) in [4.78, 5) is 11.6. The minimum atomic E-state index is -3.65. The van der Waals surface area contributed by atoms with Gasteiger partial charge in [-0.3, -0.25) is 4.79 Å². The Morgan fingerprint density at radius 3 is 2.60 bits per heavy atom. The van der Waals surface area contributed by atoms with Crippen LogP contribution >= 0.6 is 0 Å². The van der Waals surface area contributed by atoms with Gasteiger partial charge in [0.15, 0.2) is 0 Å². The zero-order valence-corrected chi connectivity index (χ0v) is 12.8. The molecule has 0 unspecified atom stereocenters. The number of amides is 1. The molecule has 0 aliphatic carbocycles. The van der Waals surface area contributed by atoms with Crippen molar-refractivity contribution in [3.8, 4) is 0 Å². The fourth-order valence-corrected chi connectivity index (χ4v) is 3.00. The van der Waals surface area contributed by atoms with E-state index in [0.717, 1.165) is 0 Å². The number of hydrogen-bond acceptors (Lipinski definition) is 4. The van der Waals surface area contributed by atoms with Crippen molar-refractivity contribution in [3.63, 3.8) is 0 Å². The molecule has 0 aliphatic rings. The van der Waals surface area contributed by atoms with Crippen molar-refractivity contribution in [2.24, 2.45) is 0 Å². The maximum atomic E-state index is 12.1. The summed E-state index contributed by atoms with van der Waals surface area (Å²) in [5.74, 6) is -0.188. The van der Waals surface area contributed by atoms with E-state index in [9.17, 15) is 13.2 Å². The zero-order chi connectivity index (χ0) is 15.3. The summed E-state index contributed by atoms with van der Waals surface area (Å²) in [6.07, 6.45) is 0.0960. The van der Waals surface area contributed by atoms with E-state index in [-0.39, 0.29) is 29.8 Å². The summed E-state index contributed by atoms with van der Waals surface area (Å²) in [5, 5.41) is 2.70. The number of nitrogens with two attached hydrogens (primary N) is 1. The first kappa shape index (κ1) is 16.5. The zero-order valence-electron chi connectivity index (χ0n) is 11.9. The highest BCUT2D eigenvalue weighted by Crippen LogP contribution is 2.19. The van der Waals surface area contributed by atoms with Crippen LogP contribution in [0.15, 0.2) is 23.1 Å². The lowest BCUT2D eigenvalue weighted by molar-refractivity contribution is -0.121. The van der Waals surface area contributed by atoms with Crippen LogP contribution in [0.5, 0.6) is 0 Å². The second-order valence-electron chi connectivity index (χ2n) is 4.84. The smallest absolute Gasteiger partial charge is 0.240 e. The summed E-state index contributed by atoms with van der Waals surface area (Å²) in [6, 6.07) is 4.75. The number of nitrogen functional groups attached to an aromatic ring is 1. The molecule has 0 aromatic heterocycles. The van der Waals surface area contributed by atoms with Crippen LogP contribution in [0.1, 0.15) is 25.8 Å². The molecule has 1 rings (SSSR count). The normalized spacial score (nSPS) is 11.6. The van der Waals surface area contributed by atoms with Crippen LogP contribution in [-0.4, -0.2) is 26.9 Å². The highest BCUT2D eigenvalue weighted by molar-refractivity contribution is 7.89. The third kappa shape index (κ3) is 4.50. The van der Waals surface area contributed by atoms with Crippen molar-refractivity contribution >= 4 is 21.6 Å². The lowest BCUT2D eigenvalue weighted by Crippen LogP contribution is -2.34. The molecule has 0 heterocycles. The van der Waals surface area contributed by atoms with Gasteiger partial charge in [-0.05, 0) is 38.5 Å². The number of carbonyl (C=O) groups excluding carboxylic acids is 1. The van der Waals surface area contributed by atoms with Gasteiger partial charge in [-0.25, -0.2) is 13.1 Å². The second kappa shape index (κ2) is 6.71. The topological polar surface area (TPSA) is 101 Å². The van der Waals surface area contributed by atoms with Gasteiger partial charge in [-0.15, -0.1) is 0 Å². The van der Waals surface area contributed by atoms with Crippen molar-refractivity contribution in [1.29, 1.82) is 0 Å². The van der Waals surface area contributed by atoms with E-state index < -0.39 is 10.0 Å². The number of anilines is 1. The summed E-state index contributed by atoms with van der Waals surface area (Å²) < 4.78 is 26.6. The molecule has 0 spiro atoms. The maximum Gasteiger partial charge on any atom is 0.240 e. The molecule has 0 bridgehead atoms. The van der Waals surface area contributed by atoms with Gasteiger partial charge in [0, 0.05) is 24.7 Å². The molecule has 0 aliphatic heterocycles. The Morgan fingerprint density at radius 1 is 1.35 bits per heavy atom. The van der Waals surface area contributed by atoms with Gasteiger partial charge < -0.3 is 11.1 Å². The number of nitrogens with one attached hydrogen (secondary N) is 2. The molecule has 0 atom stereocenters. The molecule has 1 aromatic rings. The first-order chi connectivity index (χ1) is 9.24. The predicted molar refractivity (Wildman–Crippen MR) is 78.7 cm³/mol. The van der Waals surface area contributed by atoms with Gasteiger partial charge in [-0.2, -0.15) is 0 Å². The maximum absolute atomic E-state index is 12.1. The molecule has 0 fully saturated rings. The molecule has 7 heteroatoms. The van der Waals surface area contributed by atoms with Crippen LogP contribution in [0.2, 0.25) is 0 Å². The van der Waals surface area contributed by atoms with E-state index in [1.54, 1.807) is 19.1 Å². The quantitative estimate of drug-likeness (QED) is 0.675. The molecule has 0 saturated carbocycles. The largest absolute Gasteiger partial charge is 0.398 e. The average molecular weight is 299 g/mol. The fraction of sp³-hybridized carbons (Fsp3) is 0.462. The third-order valence-electron chi connectivity index (χ3n) is 2.71. The Kier molecular flexibility index (Phi) is 5.52. The number of sulfonamides is 1. The first-order valence-electron chi connectivity index (χ1n) is 6.38. The highest BCUT2D eigenvalue weighted by Gasteiger charge is 2.17. The lowest BCUT2D eigenvalue weighted by Gasteiger charge is -2.11. The average Bonchev–Trinajstić information content (AvgIpc) is 2.31. The minimum Gasteiger partial charge on any atom is -0.398 e. The number of hydrogen-bond donors (Lipinski definition) is 3. The van der Waals surface area contributed by atoms with Crippen LogP contribution in [0.4, 0.5) is 5.69 Å². The monoisotopic (exact) mass is 299 g/mol. The lowest BCUT2D eigenvalue weighted by atomic mass is 10.2. The Balaban J connectivity index is 2.67. The van der Waals surface area contributed by atoms with E-state index in [1.807, 2.05) is 13.8 Å². The van der Waals surface area contributed by atoms with Crippen LogP contribution in [0.25, 0.3) is 0 Å². The molecule has 0 radical (unpaired) electrons. The molecule has 112 valence electrons. The summed E-state index contributed by atoms with van der Waals surface area (Å²) in [5.41, 5.74) is 6.62. The number of carbonyl (C=O) groups is 1. The van der Waals surface area contributed by atoms with E-state index in [1.165, 1.54) is 6.07 Å². The number of rotatable bonds is 6. The van der Waals surface area contributed by atoms with Gasteiger partial charge in [-0.1, -0.05) is 6.07 Å². The molecule has 1 amide bonds. The summed E-state index contributed by atoms with van der Waals surface area (Å²) in [7, 11) is -3.65. The SMILES string of the molecule is Cc1c(N)cccc1S(=O)(=O)NCCC(=O)NC(C)C. The summed E-state index contributed by atoms with van der Waals surface area (Å²) in [6.45, 7) is 5.39. The summed E-state index contributed by atoms with van der Waals surface area (Å²) >= 11 is 0. The first-order valence-corrected chi connectivity index (χ1v) is 7.86. The van der Waals surface area contributed by atoms with E-state index in [2.05, 4.69) is 10.0 Å². The van der Waals surface area contributed by atoms with Gasteiger partial charge in [0.25, 0.3) is 0 Å². The minimum absolute atomic E-state index is 0.0373. The highest BCUT2D eigenvalue weighted by atomic mass is 32.2. The van der Waals surface area contributed by atoms with Crippen LogP contribution in [0.3, 0.4) is 0 Å². The number of benzene rings is 1. The van der Waals surface area contributed by atoms with Crippen molar-refractivity contribution in [3.05, 3.63) is 23.8 Å². The van der Waals surface area contributed by atoms with E-state index >= 15 is 0 Å². The molecular weight excluding hydrogens is 278 g/mol. The molecule has 0 saturated heterocycles. The van der Waals surface area contributed by atoms with Crippen molar-refractivity contribution in [2.45, 2.75) is 38.1 Å². The Labute approximate surface area is 119 Å².